The normalized spacial score (nSPS) is 15.7. The van der Waals surface area contributed by atoms with Crippen LogP contribution in [-0.4, -0.2) is 74.3 Å². The van der Waals surface area contributed by atoms with Gasteiger partial charge in [-0.25, -0.2) is 24.5 Å². The third-order valence-corrected chi connectivity index (χ3v) is 8.05. The first kappa shape index (κ1) is 33.8. The van der Waals surface area contributed by atoms with Crippen LogP contribution in [0.3, 0.4) is 0 Å². The second-order valence-corrected chi connectivity index (χ2v) is 14.4. The molecule has 1 aliphatic carbocycles. The van der Waals surface area contributed by atoms with Crippen LogP contribution in [0.25, 0.3) is 11.3 Å². The largest absolute Gasteiger partial charge is 0.444 e. The van der Waals surface area contributed by atoms with Gasteiger partial charge in [-0.3, -0.25) is 9.88 Å². The van der Waals surface area contributed by atoms with Crippen LogP contribution in [0.15, 0.2) is 48.9 Å². The van der Waals surface area contributed by atoms with Gasteiger partial charge in [0.2, 0.25) is 0 Å². The third kappa shape index (κ3) is 9.04. The molecule has 5 rings (SSSR count). The average Bonchev–Trinajstić information content (AvgIpc) is 3.86. The van der Waals surface area contributed by atoms with E-state index in [9.17, 15) is 14.9 Å². The topological polar surface area (TPSA) is 125 Å². The van der Waals surface area contributed by atoms with Gasteiger partial charge in [0.05, 0.1) is 17.3 Å². The fourth-order valence-corrected chi connectivity index (χ4v) is 5.62. The molecule has 2 fully saturated rings. The van der Waals surface area contributed by atoms with Gasteiger partial charge in [-0.15, -0.1) is 0 Å². The van der Waals surface area contributed by atoms with Crippen LogP contribution in [-0.2, 0) is 16.0 Å². The predicted molar refractivity (Wildman–Crippen MR) is 179 cm³/mol. The molecule has 1 saturated heterocycles. The van der Waals surface area contributed by atoms with Crippen molar-refractivity contribution in [2.75, 3.05) is 25.0 Å². The number of hydrogen-bond acceptors (Lipinski definition) is 9. The van der Waals surface area contributed by atoms with Gasteiger partial charge in [-0.2, -0.15) is 5.26 Å². The van der Waals surface area contributed by atoms with E-state index in [0.717, 1.165) is 42.4 Å². The smallest absolute Gasteiger partial charge is 0.421 e. The highest BCUT2D eigenvalue weighted by Gasteiger charge is 2.31. The number of nitrogens with zero attached hydrogens (tertiary/aromatic N) is 7. The van der Waals surface area contributed by atoms with Gasteiger partial charge in [0.15, 0.2) is 0 Å². The summed E-state index contributed by atoms with van der Waals surface area (Å²) in [5, 5.41) is 9.54. The summed E-state index contributed by atoms with van der Waals surface area (Å²) in [6.07, 6.45) is 8.12. The molecule has 3 aromatic heterocycles. The zero-order valence-corrected chi connectivity index (χ0v) is 28.5. The summed E-state index contributed by atoms with van der Waals surface area (Å²) in [5.74, 6) is 1.01. The molecule has 0 aromatic carbocycles. The first-order chi connectivity index (χ1) is 22.2. The van der Waals surface area contributed by atoms with Crippen molar-refractivity contribution in [3.8, 4) is 17.3 Å². The summed E-state index contributed by atoms with van der Waals surface area (Å²) in [7, 11) is 2.10. The first-order valence-corrected chi connectivity index (χ1v) is 16.2. The summed E-state index contributed by atoms with van der Waals surface area (Å²) in [6, 6.07) is 11.7. The number of hydrogen-bond donors (Lipinski definition) is 0. The molecule has 0 spiro atoms. The maximum atomic E-state index is 13.6. The quantitative estimate of drug-likeness (QED) is 0.264. The Morgan fingerprint density at radius 2 is 1.66 bits per heavy atom. The van der Waals surface area contributed by atoms with Crippen LogP contribution in [0.1, 0.15) is 89.8 Å². The van der Waals surface area contributed by atoms with E-state index in [2.05, 4.69) is 40.1 Å². The van der Waals surface area contributed by atoms with Crippen LogP contribution in [0.2, 0.25) is 0 Å². The van der Waals surface area contributed by atoms with Crippen LogP contribution in [0.4, 0.5) is 21.2 Å². The zero-order chi connectivity index (χ0) is 33.9. The van der Waals surface area contributed by atoms with Gasteiger partial charge >= 0.3 is 12.2 Å². The Bertz CT molecular complexity index is 1640. The highest BCUT2D eigenvalue weighted by molar-refractivity contribution is 5.94. The molecular weight excluding hydrogens is 594 g/mol. The average molecular weight is 640 g/mol. The van der Waals surface area contributed by atoms with E-state index in [1.54, 1.807) is 44.0 Å². The van der Waals surface area contributed by atoms with Crippen molar-refractivity contribution in [3.05, 3.63) is 65.6 Å². The molecule has 4 heterocycles. The number of amides is 2. The van der Waals surface area contributed by atoms with Crippen LogP contribution in [0, 0.1) is 11.3 Å². The van der Waals surface area contributed by atoms with Crippen molar-refractivity contribution in [2.24, 2.45) is 0 Å². The Morgan fingerprint density at radius 3 is 2.30 bits per heavy atom. The number of carbonyl (C=O) groups excluding carboxylic acids is 2. The van der Waals surface area contributed by atoms with E-state index in [1.807, 2.05) is 33.0 Å². The minimum atomic E-state index is -0.754. The molecule has 248 valence electrons. The maximum Gasteiger partial charge on any atom is 0.421 e. The number of ether oxygens (including phenoxy) is 2. The molecule has 3 aromatic rings. The molecule has 0 radical (unpaired) electrons. The Morgan fingerprint density at radius 1 is 0.957 bits per heavy atom. The summed E-state index contributed by atoms with van der Waals surface area (Å²) in [6.45, 7) is 13.1. The van der Waals surface area contributed by atoms with Crippen molar-refractivity contribution < 1.29 is 19.1 Å². The molecule has 1 aliphatic heterocycles. The highest BCUT2D eigenvalue weighted by Crippen LogP contribution is 2.43. The van der Waals surface area contributed by atoms with Gasteiger partial charge in [0, 0.05) is 49.8 Å². The standard InChI is InChI=1S/C36H45N7O4/c1-35(2,3)46-33(44)42-14-11-29(12-15-42)41(7)23-25-16-28(22-38-21-25)30-18-27(26-8-9-26)19-32(40-30)43(34(45)47-36(4,5)6)31-17-24(20-37)10-13-39-31/h10,13,16-19,21-22,26,29H,8-9,11-12,14-15,23H2,1-7H3. The van der Waals surface area contributed by atoms with Gasteiger partial charge in [0.25, 0.3) is 0 Å². The molecule has 11 heteroatoms. The van der Waals surface area contributed by atoms with Crippen molar-refractivity contribution in [1.82, 2.24) is 24.8 Å². The summed E-state index contributed by atoms with van der Waals surface area (Å²) in [5.41, 5.74) is 2.75. The number of anilines is 2. The molecule has 1 saturated carbocycles. The monoisotopic (exact) mass is 639 g/mol. The minimum Gasteiger partial charge on any atom is -0.444 e. The summed E-state index contributed by atoms with van der Waals surface area (Å²) >= 11 is 0. The molecule has 2 aliphatic rings. The van der Waals surface area contributed by atoms with Gasteiger partial charge in [0.1, 0.15) is 22.8 Å². The Kier molecular flexibility index (Phi) is 9.82. The van der Waals surface area contributed by atoms with Crippen LogP contribution in [0.5, 0.6) is 0 Å². The predicted octanol–water partition coefficient (Wildman–Crippen LogP) is 7.19. The van der Waals surface area contributed by atoms with Crippen LogP contribution >= 0.6 is 0 Å². The number of pyridine rings is 3. The highest BCUT2D eigenvalue weighted by atomic mass is 16.6. The molecule has 0 bridgehead atoms. The Balaban J connectivity index is 1.39. The van der Waals surface area contributed by atoms with E-state index in [4.69, 9.17) is 14.5 Å². The number of piperidine rings is 1. The third-order valence-electron chi connectivity index (χ3n) is 8.05. The molecule has 11 nitrogen and oxygen atoms in total. The zero-order valence-electron chi connectivity index (χ0n) is 28.5. The number of likely N-dealkylation sites (tertiary alicyclic amines) is 1. The fourth-order valence-electron chi connectivity index (χ4n) is 5.62. The van der Waals surface area contributed by atoms with E-state index in [0.29, 0.717) is 48.7 Å². The number of nitriles is 1. The Labute approximate surface area is 277 Å². The van der Waals surface area contributed by atoms with Crippen molar-refractivity contribution >= 4 is 23.8 Å². The molecule has 2 amide bonds. The van der Waals surface area contributed by atoms with Gasteiger partial charge < -0.3 is 14.4 Å². The number of rotatable bonds is 7. The minimum absolute atomic E-state index is 0.255. The van der Waals surface area contributed by atoms with Crippen molar-refractivity contribution in [2.45, 2.75) is 96.9 Å². The fraction of sp³-hybridized carbons (Fsp3) is 0.500. The molecule has 0 unspecified atom stereocenters. The van der Waals surface area contributed by atoms with E-state index in [-0.39, 0.29) is 11.9 Å². The number of carbonyl (C=O) groups is 2. The SMILES string of the molecule is CN(Cc1cncc(-c2cc(C3CC3)cc(N(C(=O)OC(C)(C)C)c3cc(C#N)ccn3)n2)c1)C1CCN(C(=O)OC(C)(C)C)CC1. The second-order valence-electron chi connectivity index (χ2n) is 14.4. The van der Waals surface area contributed by atoms with E-state index in [1.165, 1.54) is 11.1 Å². The Hall–Kier alpha value is -4.56. The molecule has 0 N–H and O–H groups in total. The van der Waals surface area contributed by atoms with Crippen LogP contribution < -0.4 is 4.90 Å². The molecular formula is C36H45N7O4. The lowest BCUT2D eigenvalue weighted by atomic mass is 10.0. The maximum absolute atomic E-state index is 13.6. The lowest BCUT2D eigenvalue weighted by Gasteiger charge is -2.37. The van der Waals surface area contributed by atoms with Gasteiger partial charge in [-0.1, -0.05) is 0 Å². The first-order valence-electron chi connectivity index (χ1n) is 16.2. The van der Waals surface area contributed by atoms with E-state index < -0.39 is 17.3 Å². The summed E-state index contributed by atoms with van der Waals surface area (Å²) < 4.78 is 11.3. The van der Waals surface area contributed by atoms with Gasteiger partial charge in [-0.05, 0) is 122 Å². The lowest BCUT2D eigenvalue weighted by molar-refractivity contribution is 0.0153. The number of aromatic nitrogens is 3. The molecule has 0 atom stereocenters. The molecule has 47 heavy (non-hydrogen) atoms. The van der Waals surface area contributed by atoms with E-state index >= 15 is 0 Å². The van der Waals surface area contributed by atoms with Crippen molar-refractivity contribution in [3.63, 3.8) is 0 Å². The summed E-state index contributed by atoms with van der Waals surface area (Å²) in [4.78, 5) is 45.6. The second kappa shape index (κ2) is 13.7. The van der Waals surface area contributed by atoms with Crippen molar-refractivity contribution in [1.29, 1.82) is 5.26 Å². The lowest BCUT2D eigenvalue weighted by Crippen LogP contribution is -2.46.